The van der Waals surface area contributed by atoms with Crippen molar-refractivity contribution in [2.24, 2.45) is 16.5 Å². The second kappa shape index (κ2) is 10.9. The van der Waals surface area contributed by atoms with Gasteiger partial charge < -0.3 is 16.8 Å². The maximum Gasteiger partial charge on any atom is 0.212 e. The zero-order valence-corrected chi connectivity index (χ0v) is 17.7. The van der Waals surface area contributed by atoms with E-state index in [-0.39, 0.29) is 5.96 Å². The number of rotatable bonds is 10. The second-order valence-electron chi connectivity index (χ2n) is 6.42. The van der Waals surface area contributed by atoms with Gasteiger partial charge in [0.05, 0.1) is 11.4 Å². The average Bonchev–Trinajstić information content (AvgIpc) is 3.33. The summed E-state index contributed by atoms with van der Waals surface area (Å²) in [6.07, 6.45) is 6.63. The van der Waals surface area contributed by atoms with E-state index >= 15 is 0 Å². The number of pyridine rings is 1. The van der Waals surface area contributed by atoms with Gasteiger partial charge in [0.2, 0.25) is 5.13 Å². The highest BCUT2D eigenvalue weighted by molar-refractivity contribution is 8.77. The maximum atomic E-state index is 5.40. The Morgan fingerprint density at radius 2 is 2.11 bits per heavy atom. The van der Waals surface area contributed by atoms with E-state index in [1.807, 2.05) is 34.4 Å². The number of thiazole rings is 1. The fourth-order valence-electron chi connectivity index (χ4n) is 2.84. The number of nitrogens with two attached hydrogens (primary N) is 2. The lowest BCUT2D eigenvalue weighted by molar-refractivity contribution is 0.576. The lowest BCUT2D eigenvalue weighted by Gasteiger charge is -2.08. The molecule has 0 saturated carbocycles. The molecule has 2 aromatic heterocycles. The van der Waals surface area contributed by atoms with Crippen molar-refractivity contribution in [1.29, 1.82) is 0 Å². The minimum absolute atomic E-state index is 0.0164. The molecule has 0 amide bonds. The quantitative estimate of drug-likeness (QED) is 0.231. The van der Waals surface area contributed by atoms with Crippen LogP contribution in [0.5, 0.6) is 0 Å². The molecule has 1 saturated heterocycles. The van der Waals surface area contributed by atoms with E-state index in [2.05, 4.69) is 31.1 Å². The van der Waals surface area contributed by atoms with E-state index in [9.17, 15) is 0 Å². The second-order valence-corrected chi connectivity index (χ2v) is 10.0. The smallest absolute Gasteiger partial charge is 0.212 e. The summed E-state index contributed by atoms with van der Waals surface area (Å²) in [6, 6.07) is 6.00. The molecule has 9 heteroatoms. The van der Waals surface area contributed by atoms with Gasteiger partial charge in [0.15, 0.2) is 5.96 Å². The first-order valence-corrected chi connectivity index (χ1v) is 12.5. The Labute approximate surface area is 172 Å². The Balaban J connectivity index is 1.38. The molecule has 1 aliphatic rings. The van der Waals surface area contributed by atoms with Gasteiger partial charge in [-0.25, -0.2) is 9.97 Å². The van der Waals surface area contributed by atoms with Crippen LogP contribution in [0.4, 0.5) is 5.13 Å². The summed E-state index contributed by atoms with van der Waals surface area (Å²) in [5.74, 6) is 1.35. The van der Waals surface area contributed by atoms with Crippen molar-refractivity contribution in [2.45, 2.75) is 43.9 Å². The molecule has 3 heterocycles. The van der Waals surface area contributed by atoms with E-state index in [1.54, 1.807) is 0 Å². The predicted octanol–water partition coefficient (Wildman–Crippen LogP) is 3.91. The summed E-state index contributed by atoms with van der Waals surface area (Å²) in [6.45, 7) is 1.80. The number of hydrogen-bond acceptors (Lipinski definition) is 7. The Kier molecular flexibility index (Phi) is 8.25. The van der Waals surface area contributed by atoms with Crippen LogP contribution in [0.25, 0.3) is 11.4 Å². The fraction of sp³-hybridized carbons (Fsp3) is 0.500. The molecule has 1 fully saturated rings. The number of hydrogen-bond donors (Lipinski definition) is 3. The molecule has 0 aromatic carbocycles. The molecule has 3 rings (SSSR count). The largest absolute Gasteiger partial charge is 0.370 e. The van der Waals surface area contributed by atoms with Gasteiger partial charge in [0.25, 0.3) is 0 Å². The minimum Gasteiger partial charge on any atom is -0.370 e. The first-order valence-electron chi connectivity index (χ1n) is 9.21. The molecule has 0 bridgehead atoms. The van der Waals surface area contributed by atoms with Crippen LogP contribution in [0.3, 0.4) is 0 Å². The molecule has 0 radical (unpaired) electrons. The summed E-state index contributed by atoms with van der Waals surface area (Å²) < 4.78 is 0. The average molecular weight is 423 g/mol. The lowest BCUT2D eigenvalue weighted by atomic mass is 10.1. The van der Waals surface area contributed by atoms with E-state index < -0.39 is 0 Å². The van der Waals surface area contributed by atoms with Crippen LogP contribution in [-0.2, 0) is 6.54 Å². The molecule has 1 atom stereocenters. The van der Waals surface area contributed by atoms with Crippen molar-refractivity contribution in [3.05, 3.63) is 29.3 Å². The van der Waals surface area contributed by atoms with E-state index in [0.29, 0.717) is 5.13 Å². The Morgan fingerprint density at radius 1 is 1.19 bits per heavy atom. The number of aliphatic imine (C=N–C) groups is 1. The van der Waals surface area contributed by atoms with Gasteiger partial charge in [0, 0.05) is 22.9 Å². The van der Waals surface area contributed by atoms with Crippen LogP contribution in [0, 0.1) is 0 Å². The summed E-state index contributed by atoms with van der Waals surface area (Å²) in [5, 5.41) is 6.86. The van der Waals surface area contributed by atoms with E-state index in [4.69, 9.17) is 11.5 Å². The first kappa shape index (κ1) is 20.4. The SMILES string of the molecule is NC(N)=Nc1nc(-c2cccc(CNCCCCCC3CCSS3)n2)cs1. The van der Waals surface area contributed by atoms with Crippen LogP contribution < -0.4 is 16.8 Å². The molecule has 6 nitrogen and oxygen atoms in total. The van der Waals surface area contributed by atoms with Gasteiger partial charge >= 0.3 is 0 Å². The number of nitrogens with zero attached hydrogens (tertiary/aromatic N) is 3. The van der Waals surface area contributed by atoms with Crippen molar-refractivity contribution >= 4 is 44.0 Å². The van der Waals surface area contributed by atoms with Crippen LogP contribution >= 0.6 is 32.9 Å². The molecule has 2 aromatic rings. The van der Waals surface area contributed by atoms with Crippen molar-refractivity contribution in [1.82, 2.24) is 15.3 Å². The van der Waals surface area contributed by atoms with Crippen molar-refractivity contribution in [3.8, 4) is 11.4 Å². The molecule has 5 N–H and O–H groups in total. The van der Waals surface area contributed by atoms with Gasteiger partial charge in [-0.2, -0.15) is 4.99 Å². The Hall–Kier alpha value is -1.29. The molecule has 146 valence electrons. The van der Waals surface area contributed by atoms with E-state index in [0.717, 1.165) is 35.4 Å². The monoisotopic (exact) mass is 422 g/mol. The van der Waals surface area contributed by atoms with Crippen molar-refractivity contribution < 1.29 is 0 Å². The third-order valence-electron chi connectivity index (χ3n) is 4.20. The zero-order valence-electron chi connectivity index (χ0n) is 15.3. The molecule has 1 unspecified atom stereocenters. The predicted molar refractivity (Wildman–Crippen MR) is 119 cm³/mol. The van der Waals surface area contributed by atoms with E-state index in [1.165, 1.54) is 49.2 Å². The summed E-state index contributed by atoms with van der Waals surface area (Å²) >= 11 is 1.40. The Morgan fingerprint density at radius 3 is 2.93 bits per heavy atom. The van der Waals surface area contributed by atoms with Crippen molar-refractivity contribution in [2.75, 3.05) is 12.3 Å². The summed E-state index contributed by atoms with van der Waals surface area (Å²) in [7, 11) is 4.11. The normalized spacial score (nSPS) is 16.5. The van der Waals surface area contributed by atoms with Gasteiger partial charge in [0.1, 0.15) is 5.69 Å². The molecule has 0 aliphatic carbocycles. The molecule has 0 spiro atoms. The van der Waals surface area contributed by atoms with Crippen molar-refractivity contribution in [3.63, 3.8) is 0 Å². The Bertz CT molecular complexity index is 738. The van der Waals surface area contributed by atoms with Gasteiger partial charge in [-0.1, -0.05) is 40.5 Å². The zero-order chi connectivity index (χ0) is 18.9. The highest BCUT2D eigenvalue weighted by atomic mass is 33.1. The van der Waals surface area contributed by atoms with Crippen LogP contribution in [-0.4, -0.2) is 33.5 Å². The third-order valence-corrected chi connectivity index (χ3v) is 7.94. The fourth-order valence-corrected chi connectivity index (χ4v) is 6.57. The first-order chi connectivity index (χ1) is 13.2. The number of guanidine groups is 1. The van der Waals surface area contributed by atoms with Crippen LogP contribution in [0.1, 0.15) is 37.8 Å². The van der Waals surface area contributed by atoms with Gasteiger partial charge in [-0.05, 0) is 37.9 Å². The lowest BCUT2D eigenvalue weighted by Crippen LogP contribution is -2.21. The molecule has 27 heavy (non-hydrogen) atoms. The number of aromatic nitrogens is 2. The van der Waals surface area contributed by atoms with Gasteiger partial charge in [-0.3, -0.25) is 0 Å². The number of nitrogens with one attached hydrogen (secondary N) is 1. The number of unbranched alkanes of at least 4 members (excludes halogenated alkanes) is 2. The maximum absolute atomic E-state index is 5.40. The molecule has 1 aliphatic heterocycles. The summed E-state index contributed by atoms with van der Waals surface area (Å²) in [5.41, 5.74) is 13.4. The molecular formula is C18H26N6S3. The third kappa shape index (κ3) is 6.99. The summed E-state index contributed by atoms with van der Waals surface area (Å²) in [4.78, 5) is 13.1. The topological polar surface area (TPSA) is 102 Å². The highest BCUT2D eigenvalue weighted by Gasteiger charge is 2.15. The van der Waals surface area contributed by atoms with Crippen LogP contribution in [0.2, 0.25) is 0 Å². The highest BCUT2D eigenvalue weighted by Crippen LogP contribution is 2.39. The standard InChI is InChI=1S/C18H26N6S3/c19-17(20)24-18-23-16(12-25-18)15-7-4-5-13(22-15)11-21-9-3-1-2-6-14-8-10-26-27-14/h4-5,7,12,14,21H,1-3,6,8-11H2,(H4,19,20,23,24). The minimum atomic E-state index is 0.0164. The van der Waals surface area contributed by atoms with Crippen LogP contribution in [0.15, 0.2) is 28.6 Å². The van der Waals surface area contributed by atoms with Gasteiger partial charge in [-0.15, -0.1) is 11.3 Å². The molecular weight excluding hydrogens is 396 g/mol.